The van der Waals surface area contributed by atoms with E-state index in [1.54, 1.807) is 24.3 Å². The van der Waals surface area contributed by atoms with Crippen LogP contribution in [0.3, 0.4) is 0 Å². The number of hydrogen-bond donors (Lipinski definition) is 2. The standard InChI is InChI=1S/C31H28F5N7O3S/c1-4-20-7-5-6-18(2)26(20)43-25(44)16-47-29(43)38-28(45)40-39-19(3)21-8-10-22(11-9-21)27-37-17-42(41-27)23-12-14-24(15-13-23)46-31(35,36)30(32,33)34/h5-15,17,19,39H,4,16H2,1-3H3,(H,40,45)/b38-29-. The highest BCUT2D eigenvalue weighted by molar-refractivity contribution is 8.15. The van der Waals surface area contributed by atoms with Crippen molar-refractivity contribution in [2.45, 2.75) is 45.5 Å². The summed E-state index contributed by atoms with van der Waals surface area (Å²) in [5.41, 5.74) is 9.92. The van der Waals surface area contributed by atoms with E-state index in [1.165, 1.54) is 39.8 Å². The molecule has 3 aromatic carbocycles. The number of aliphatic imine (C=N–C) groups is 1. The van der Waals surface area contributed by atoms with Crippen molar-refractivity contribution < 1.29 is 36.3 Å². The second kappa shape index (κ2) is 13.5. The van der Waals surface area contributed by atoms with E-state index in [0.717, 1.165) is 34.5 Å². The molecule has 2 N–H and O–H groups in total. The van der Waals surface area contributed by atoms with Gasteiger partial charge < -0.3 is 4.74 Å². The number of nitrogens with one attached hydrogen (secondary N) is 2. The zero-order valence-corrected chi connectivity index (χ0v) is 26.0. The van der Waals surface area contributed by atoms with Crippen LogP contribution in [0.25, 0.3) is 17.1 Å². The lowest BCUT2D eigenvalue weighted by Crippen LogP contribution is -2.41. The molecule has 1 saturated heterocycles. The van der Waals surface area contributed by atoms with Crippen molar-refractivity contribution in [2.75, 3.05) is 10.7 Å². The van der Waals surface area contributed by atoms with E-state index < -0.39 is 24.1 Å². The molecule has 1 aromatic heterocycles. The van der Waals surface area contributed by atoms with Crippen LogP contribution in [0, 0.1) is 6.92 Å². The van der Waals surface area contributed by atoms with Crippen molar-refractivity contribution in [1.29, 1.82) is 0 Å². The van der Waals surface area contributed by atoms with E-state index in [2.05, 4.69) is 30.7 Å². The van der Waals surface area contributed by atoms with Crippen LogP contribution in [-0.4, -0.2) is 49.9 Å². The minimum absolute atomic E-state index is 0.147. The number of carbonyl (C=O) groups excluding carboxylic acids is 2. The highest BCUT2D eigenvalue weighted by Gasteiger charge is 2.61. The van der Waals surface area contributed by atoms with E-state index in [1.807, 2.05) is 39.0 Å². The summed E-state index contributed by atoms with van der Waals surface area (Å²) in [5.74, 6) is -0.300. The molecule has 2 heterocycles. The van der Waals surface area contributed by atoms with Crippen LogP contribution < -0.4 is 20.5 Å². The Morgan fingerprint density at radius 2 is 1.77 bits per heavy atom. The number of anilines is 1. The molecular formula is C31H28F5N7O3S. The van der Waals surface area contributed by atoms with Gasteiger partial charge in [-0.15, -0.1) is 5.10 Å². The molecule has 0 spiro atoms. The topological polar surface area (TPSA) is 114 Å². The van der Waals surface area contributed by atoms with Gasteiger partial charge in [0.2, 0.25) is 5.91 Å². The normalized spacial score (nSPS) is 15.3. The van der Waals surface area contributed by atoms with Gasteiger partial charge in [0.15, 0.2) is 11.0 Å². The number of aromatic nitrogens is 3. The Morgan fingerprint density at radius 3 is 2.43 bits per heavy atom. The zero-order valence-electron chi connectivity index (χ0n) is 25.2. The van der Waals surface area contributed by atoms with Crippen molar-refractivity contribution in [3.05, 3.63) is 89.7 Å². The Balaban J connectivity index is 1.19. The van der Waals surface area contributed by atoms with Crippen LogP contribution >= 0.6 is 11.8 Å². The van der Waals surface area contributed by atoms with Crippen LogP contribution in [0.1, 0.15) is 36.6 Å². The first-order chi connectivity index (χ1) is 22.3. The third-order valence-electron chi connectivity index (χ3n) is 7.12. The van der Waals surface area contributed by atoms with Gasteiger partial charge in [-0.05, 0) is 61.2 Å². The van der Waals surface area contributed by atoms with E-state index in [9.17, 15) is 31.5 Å². The van der Waals surface area contributed by atoms with Gasteiger partial charge in [0.1, 0.15) is 12.1 Å². The first-order valence-electron chi connectivity index (χ1n) is 14.2. The number of nitrogens with zero attached hydrogens (tertiary/aromatic N) is 5. The Hall–Kier alpha value is -4.83. The van der Waals surface area contributed by atoms with E-state index in [4.69, 9.17) is 0 Å². The monoisotopic (exact) mass is 673 g/mol. The fourth-order valence-corrected chi connectivity index (χ4v) is 5.52. The molecule has 0 bridgehead atoms. The summed E-state index contributed by atoms with van der Waals surface area (Å²) in [6.45, 7) is 5.74. The van der Waals surface area contributed by atoms with Gasteiger partial charge in [0.05, 0.1) is 17.1 Å². The van der Waals surface area contributed by atoms with E-state index >= 15 is 0 Å². The fraction of sp³-hybridized carbons (Fsp3) is 0.258. The lowest BCUT2D eigenvalue weighted by molar-refractivity contribution is -0.360. The molecule has 1 aliphatic rings. The van der Waals surface area contributed by atoms with E-state index in [-0.39, 0.29) is 17.7 Å². The second-order valence-corrected chi connectivity index (χ2v) is 11.3. The van der Waals surface area contributed by atoms with Gasteiger partial charge in [-0.25, -0.2) is 19.9 Å². The number of urea groups is 1. The highest BCUT2D eigenvalue weighted by Crippen LogP contribution is 2.37. The molecule has 16 heteroatoms. The van der Waals surface area contributed by atoms with Crippen LogP contribution in [-0.2, 0) is 11.2 Å². The summed E-state index contributed by atoms with van der Waals surface area (Å²) in [6, 6.07) is 16.4. The number of alkyl halides is 5. The largest absolute Gasteiger partial charge is 0.499 e. The van der Waals surface area contributed by atoms with Gasteiger partial charge in [0.25, 0.3) is 0 Å². The van der Waals surface area contributed by atoms with Crippen LogP contribution in [0.15, 0.2) is 78.0 Å². The third-order valence-corrected chi connectivity index (χ3v) is 8.05. The zero-order chi connectivity index (χ0) is 33.9. The fourth-order valence-electron chi connectivity index (χ4n) is 4.67. The van der Waals surface area contributed by atoms with Crippen molar-refractivity contribution in [3.63, 3.8) is 0 Å². The maximum atomic E-state index is 13.2. The SMILES string of the molecule is CCc1cccc(C)c1N1C(=O)CS/C1=N\C(=O)NNC(C)c1ccc(-c2ncn(-c3ccc(OC(F)(F)C(F)(F)F)cc3)n2)cc1. The van der Waals surface area contributed by atoms with Gasteiger partial charge in [-0.3, -0.25) is 15.1 Å². The number of amidine groups is 1. The predicted molar refractivity (Wildman–Crippen MR) is 166 cm³/mol. The second-order valence-electron chi connectivity index (χ2n) is 10.4. The average molecular weight is 674 g/mol. The van der Waals surface area contributed by atoms with E-state index in [0.29, 0.717) is 28.7 Å². The molecule has 3 amide bonds. The minimum Gasteiger partial charge on any atom is -0.426 e. The van der Waals surface area contributed by atoms with Gasteiger partial charge >= 0.3 is 18.3 Å². The van der Waals surface area contributed by atoms with Gasteiger partial charge in [-0.1, -0.05) is 61.2 Å². The molecule has 4 aromatic rings. The number of thioether (sulfide) groups is 1. The van der Waals surface area contributed by atoms with Crippen LogP contribution in [0.2, 0.25) is 0 Å². The molecule has 0 saturated carbocycles. The summed E-state index contributed by atoms with van der Waals surface area (Å²) < 4.78 is 68.7. The molecule has 1 fully saturated rings. The van der Waals surface area contributed by atoms with Gasteiger partial charge in [0, 0.05) is 11.6 Å². The Morgan fingerprint density at radius 1 is 1.06 bits per heavy atom. The number of hydrogen-bond acceptors (Lipinski definition) is 7. The molecular weight excluding hydrogens is 645 g/mol. The lowest BCUT2D eigenvalue weighted by Gasteiger charge is -2.21. The van der Waals surface area contributed by atoms with Crippen molar-refractivity contribution in [2.24, 2.45) is 4.99 Å². The molecule has 246 valence electrons. The molecule has 1 aliphatic heterocycles. The third kappa shape index (κ3) is 7.44. The number of amides is 3. The predicted octanol–water partition coefficient (Wildman–Crippen LogP) is 6.75. The molecule has 1 atom stereocenters. The highest BCUT2D eigenvalue weighted by atomic mass is 32.2. The van der Waals surface area contributed by atoms with Crippen LogP contribution in [0.4, 0.5) is 32.4 Å². The number of para-hydroxylation sites is 1. The molecule has 5 rings (SSSR count). The summed E-state index contributed by atoms with van der Waals surface area (Å²) in [7, 11) is 0. The summed E-state index contributed by atoms with van der Waals surface area (Å²) in [6.07, 6.45) is -9.09. The van der Waals surface area contributed by atoms with Crippen molar-refractivity contribution >= 4 is 34.6 Å². The number of halogens is 5. The lowest BCUT2D eigenvalue weighted by atomic mass is 10.0. The summed E-state index contributed by atoms with van der Waals surface area (Å²) in [4.78, 5) is 35.3. The first-order valence-corrected chi connectivity index (χ1v) is 15.2. The van der Waals surface area contributed by atoms with Crippen molar-refractivity contribution in [3.8, 4) is 22.8 Å². The number of carbonyl (C=O) groups is 2. The molecule has 1 unspecified atom stereocenters. The Bertz CT molecular complexity index is 1790. The maximum absolute atomic E-state index is 13.2. The summed E-state index contributed by atoms with van der Waals surface area (Å²) >= 11 is 1.20. The van der Waals surface area contributed by atoms with Crippen molar-refractivity contribution in [1.82, 2.24) is 25.6 Å². The smallest absolute Gasteiger partial charge is 0.426 e. The molecule has 10 nitrogen and oxygen atoms in total. The Labute approximate surface area is 270 Å². The van der Waals surface area contributed by atoms with Crippen LogP contribution in [0.5, 0.6) is 5.75 Å². The number of rotatable bonds is 9. The summed E-state index contributed by atoms with van der Waals surface area (Å²) in [5, 5.41) is 4.65. The minimum atomic E-state index is -5.85. The maximum Gasteiger partial charge on any atom is 0.499 e. The number of ether oxygens (including phenoxy) is 1. The molecule has 47 heavy (non-hydrogen) atoms. The van der Waals surface area contributed by atoms with Gasteiger partial charge in [-0.2, -0.15) is 26.9 Å². The molecule has 0 aliphatic carbocycles. The number of hydrazine groups is 1. The quantitative estimate of drug-likeness (QED) is 0.149. The first kappa shape index (κ1) is 33.5. The number of aryl methyl sites for hydroxylation is 2. The molecule has 0 radical (unpaired) electrons. The average Bonchev–Trinajstić information content (AvgIpc) is 3.66. The Kier molecular flexibility index (Phi) is 9.63. The number of benzene rings is 3.